The molecule has 0 saturated carbocycles. The molecule has 0 bridgehead atoms. The molecule has 0 aromatic heterocycles. The first-order chi connectivity index (χ1) is 16.8. The van der Waals surface area contributed by atoms with Crippen LogP contribution in [0.3, 0.4) is 0 Å². The molecule has 1 aromatic rings. The molecule has 2 aliphatic rings. The fourth-order valence-electron chi connectivity index (χ4n) is 3.99. The second-order valence-electron chi connectivity index (χ2n) is 8.65. The van der Waals surface area contributed by atoms with Gasteiger partial charge in [0.05, 0.1) is 28.4 Å². The van der Waals surface area contributed by atoms with Gasteiger partial charge in [-0.1, -0.05) is 11.6 Å². The Hall–Kier alpha value is -1.25. The van der Waals surface area contributed by atoms with Crippen molar-refractivity contribution in [3.63, 3.8) is 0 Å². The lowest BCUT2D eigenvalue weighted by atomic mass is 9.99. The minimum absolute atomic E-state index is 0.0410. The molecule has 1 aromatic carbocycles. The second kappa shape index (κ2) is 13.5. The summed E-state index contributed by atoms with van der Waals surface area (Å²) >= 11 is 9.22. The summed E-state index contributed by atoms with van der Waals surface area (Å²) in [7, 11) is -6.46. The molecule has 2 saturated heterocycles. The Morgan fingerprint density at radius 3 is 1.97 bits per heavy atom. The van der Waals surface area contributed by atoms with E-state index in [0.717, 1.165) is 0 Å². The lowest BCUT2D eigenvalue weighted by molar-refractivity contribution is -0.142. The molecule has 0 radical (unpaired) electrons. The number of carboxylic acid groups (broad SMARTS) is 1. The summed E-state index contributed by atoms with van der Waals surface area (Å²) in [4.78, 5) is 23.0. The van der Waals surface area contributed by atoms with Crippen LogP contribution in [0.15, 0.2) is 22.7 Å². The molecule has 2 heterocycles. The van der Waals surface area contributed by atoms with Crippen molar-refractivity contribution >= 4 is 65.1 Å². The van der Waals surface area contributed by atoms with Gasteiger partial charge in [0.1, 0.15) is 0 Å². The number of carboxylic acids is 1. The molecular formula is C22H33BrClN3O7S2. The number of sulfonamides is 2. The minimum Gasteiger partial charge on any atom is -0.481 e. The molecule has 10 nitrogen and oxygen atoms in total. The Kier molecular flexibility index (Phi) is 11.6. The van der Waals surface area contributed by atoms with Gasteiger partial charge in [0.2, 0.25) is 26.0 Å². The molecule has 0 unspecified atom stereocenters. The van der Waals surface area contributed by atoms with Gasteiger partial charge in [0.25, 0.3) is 0 Å². The van der Waals surface area contributed by atoms with Gasteiger partial charge in [-0.2, -0.15) is 0 Å². The van der Waals surface area contributed by atoms with Crippen molar-refractivity contribution < 1.29 is 31.5 Å². The highest BCUT2D eigenvalue weighted by Crippen LogP contribution is 2.27. The van der Waals surface area contributed by atoms with Gasteiger partial charge in [-0.15, -0.1) is 0 Å². The van der Waals surface area contributed by atoms with Crippen molar-refractivity contribution in [2.45, 2.75) is 39.5 Å². The Morgan fingerprint density at radius 1 is 1.00 bits per heavy atom. The molecule has 204 valence electrons. The van der Waals surface area contributed by atoms with Crippen molar-refractivity contribution in [2.75, 3.05) is 43.0 Å². The third-order valence-corrected chi connectivity index (χ3v) is 11.1. The Balaban J connectivity index is 0.000000281. The van der Waals surface area contributed by atoms with E-state index in [9.17, 15) is 26.4 Å². The standard InChI is InChI=1S/C14H18BrClN2O3S.C8H15NO4S/c1-2-22(20,21)18-7-3-4-10(9-18)14(19)17-11-5-6-13(16)12(15)8-11;1-2-14(12,13)9-5-3-4-7(6-9)8(10)11/h5-6,8,10H,2-4,7,9H2,1H3,(H,17,19);7H,2-6H2,1H3,(H,10,11)/t10-;7-/m00/s1. The smallest absolute Gasteiger partial charge is 0.307 e. The fraction of sp³-hybridized carbons (Fsp3) is 0.636. The van der Waals surface area contributed by atoms with Gasteiger partial charge in [0, 0.05) is 36.3 Å². The monoisotopic (exact) mass is 629 g/mol. The van der Waals surface area contributed by atoms with Crippen LogP contribution in [0, 0.1) is 11.8 Å². The molecule has 0 spiro atoms. The average Bonchev–Trinajstić information content (AvgIpc) is 2.86. The van der Waals surface area contributed by atoms with E-state index in [-0.39, 0.29) is 36.4 Å². The summed E-state index contributed by atoms with van der Waals surface area (Å²) in [5, 5.41) is 12.2. The normalized spacial score (nSPS) is 21.8. The molecular weight excluding hydrogens is 598 g/mol. The summed E-state index contributed by atoms with van der Waals surface area (Å²) in [6, 6.07) is 5.13. The Bertz CT molecular complexity index is 1150. The van der Waals surface area contributed by atoms with Gasteiger partial charge in [0.15, 0.2) is 0 Å². The predicted molar refractivity (Wildman–Crippen MR) is 143 cm³/mol. The number of nitrogens with zero attached hydrogens (tertiary/aromatic N) is 2. The highest BCUT2D eigenvalue weighted by molar-refractivity contribution is 9.10. The number of anilines is 1. The summed E-state index contributed by atoms with van der Waals surface area (Å²) in [5.74, 6) is -1.83. The zero-order chi connectivity index (χ0) is 27.1. The number of hydrogen-bond acceptors (Lipinski definition) is 6. The highest BCUT2D eigenvalue weighted by atomic mass is 79.9. The van der Waals surface area contributed by atoms with E-state index in [2.05, 4.69) is 21.2 Å². The average molecular weight is 631 g/mol. The van der Waals surface area contributed by atoms with Gasteiger partial charge >= 0.3 is 5.97 Å². The maximum absolute atomic E-state index is 12.3. The van der Waals surface area contributed by atoms with Gasteiger partial charge in [-0.3, -0.25) is 9.59 Å². The molecule has 0 aliphatic carbocycles. The van der Waals surface area contributed by atoms with E-state index in [1.165, 1.54) is 8.61 Å². The van der Waals surface area contributed by atoms with Crippen LogP contribution in [0.4, 0.5) is 5.69 Å². The number of halogens is 2. The highest BCUT2D eigenvalue weighted by Gasteiger charge is 2.32. The Morgan fingerprint density at radius 2 is 1.50 bits per heavy atom. The summed E-state index contributed by atoms with van der Waals surface area (Å²) < 4.78 is 50.2. The molecule has 2 aliphatic heterocycles. The molecule has 2 N–H and O–H groups in total. The summed E-state index contributed by atoms with van der Waals surface area (Å²) in [6.45, 7) is 4.51. The first-order valence-corrected chi connectivity index (χ1v) is 16.1. The van der Waals surface area contributed by atoms with Gasteiger partial charge < -0.3 is 10.4 Å². The van der Waals surface area contributed by atoms with Crippen molar-refractivity contribution in [1.29, 1.82) is 0 Å². The third kappa shape index (κ3) is 8.66. The SMILES string of the molecule is CCS(=O)(=O)N1CCC[C@H](C(=O)Nc2ccc(Cl)c(Br)c2)C1.CCS(=O)(=O)N1CCC[C@H](C(=O)O)C1. The van der Waals surface area contributed by atoms with Crippen molar-refractivity contribution in [2.24, 2.45) is 11.8 Å². The number of aliphatic carboxylic acids is 1. The second-order valence-corrected chi connectivity index (χ2v) is 14.4. The molecule has 2 fully saturated rings. The van der Waals surface area contributed by atoms with Crippen LogP contribution in [0.5, 0.6) is 0 Å². The van der Waals surface area contributed by atoms with Crippen LogP contribution in [-0.2, 0) is 29.6 Å². The molecule has 1 amide bonds. The zero-order valence-electron chi connectivity index (χ0n) is 20.3. The van der Waals surface area contributed by atoms with E-state index < -0.39 is 31.9 Å². The van der Waals surface area contributed by atoms with Crippen LogP contribution in [0.1, 0.15) is 39.5 Å². The molecule has 3 rings (SSSR count). The number of carbonyl (C=O) groups is 2. The maximum Gasteiger partial charge on any atom is 0.307 e. The largest absolute Gasteiger partial charge is 0.481 e. The maximum atomic E-state index is 12.3. The quantitative estimate of drug-likeness (QED) is 0.471. The molecule has 2 atom stereocenters. The number of hydrogen-bond donors (Lipinski definition) is 2. The van der Waals surface area contributed by atoms with Crippen LogP contribution >= 0.6 is 27.5 Å². The number of nitrogens with one attached hydrogen (secondary N) is 1. The minimum atomic E-state index is -3.24. The van der Waals surface area contributed by atoms with E-state index in [0.29, 0.717) is 54.0 Å². The number of rotatable bonds is 7. The topological polar surface area (TPSA) is 141 Å². The van der Waals surface area contributed by atoms with E-state index in [1.54, 1.807) is 32.0 Å². The predicted octanol–water partition coefficient (Wildman–Crippen LogP) is 3.24. The lowest BCUT2D eigenvalue weighted by Gasteiger charge is -2.30. The van der Waals surface area contributed by atoms with E-state index in [1.807, 2.05) is 0 Å². The van der Waals surface area contributed by atoms with Crippen LogP contribution < -0.4 is 5.32 Å². The third-order valence-electron chi connectivity index (χ3n) is 6.19. The van der Waals surface area contributed by atoms with Crippen molar-refractivity contribution in [3.8, 4) is 0 Å². The number of amides is 1. The van der Waals surface area contributed by atoms with E-state index in [4.69, 9.17) is 16.7 Å². The number of piperidine rings is 2. The fourth-order valence-corrected chi connectivity index (χ4v) is 6.84. The lowest BCUT2D eigenvalue weighted by Crippen LogP contribution is -2.44. The van der Waals surface area contributed by atoms with Gasteiger partial charge in [-0.25, -0.2) is 25.4 Å². The number of benzene rings is 1. The first kappa shape index (κ1) is 31.0. The van der Waals surface area contributed by atoms with Crippen molar-refractivity contribution in [3.05, 3.63) is 27.7 Å². The van der Waals surface area contributed by atoms with Gasteiger partial charge in [-0.05, 0) is 73.7 Å². The zero-order valence-corrected chi connectivity index (χ0v) is 24.3. The summed E-state index contributed by atoms with van der Waals surface area (Å²) in [6.07, 6.45) is 2.60. The summed E-state index contributed by atoms with van der Waals surface area (Å²) in [5.41, 5.74) is 0.636. The van der Waals surface area contributed by atoms with E-state index >= 15 is 0 Å². The van der Waals surface area contributed by atoms with Crippen LogP contribution in [-0.4, -0.2) is 80.1 Å². The Labute approximate surface area is 226 Å². The molecule has 14 heteroatoms. The number of carbonyl (C=O) groups excluding carboxylic acids is 1. The molecule has 36 heavy (non-hydrogen) atoms. The van der Waals surface area contributed by atoms with Crippen LogP contribution in [0.2, 0.25) is 5.02 Å². The first-order valence-electron chi connectivity index (χ1n) is 11.7. The van der Waals surface area contributed by atoms with Crippen LogP contribution in [0.25, 0.3) is 0 Å². The van der Waals surface area contributed by atoms with Crippen molar-refractivity contribution in [1.82, 2.24) is 8.61 Å².